The van der Waals surface area contributed by atoms with E-state index < -0.39 is 6.23 Å². The Labute approximate surface area is 221 Å². The van der Waals surface area contributed by atoms with Crippen molar-refractivity contribution in [2.45, 2.75) is 45.8 Å². The van der Waals surface area contributed by atoms with Gasteiger partial charge in [-0.1, -0.05) is 45.5 Å². The molecule has 0 fully saturated rings. The molecule has 0 saturated carbocycles. The largest absolute Gasteiger partial charge is 0.489 e. The van der Waals surface area contributed by atoms with Gasteiger partial charge in [0.25, 0.3) is 5.91 Å². The molecule has 0 heterocycles. The van der Waals surface area contributed by atoms with Gasteiger partial charge >= 0.3 is 0 Å². The standard InChI is InChI=1S/C26H42BN4O6/c1-20(2)27-9-6-13-34-14-12-30-25(32)19-35-15-16-36-24(28)18-37-23-8-5-7-22(17-23)26(33)31-11-10-29-21(3)4/h5,7-8,17,20-21,24,29H,10-16,18-19,28H2,1-4H3,(H,30,32)(H,31,33). The van der Waals surface area contributed by atoms with Crippen molar-refractivity contribution in [1.29, 1.82) is 0 Å². The predicted octanol–water partition coefficient (Wildman–Crippen LogP) is 0.737. The Kier molecular flexibility index (Phi) is 17.9. The number of nitrogens with two attached hydrogens (primary N) is 1. The number of carbonyl (C=O) groups excluding carboxylic acids is 2. The molecule has 1 unspecified atom stereocenters. The fourth-order valence-corrected chi connectivity index (χ4v) is 2.72. The highest BCUT2D eigenvalue weighted by atomic mass is 16.6. The summed E-state index contributed by atoms with van der Waals surface area (Å²) in [6, 6.07) is 7.23. The highest BCUT2D eigenvalue weighted by Crippen LogP contribution is 2.13. The van der Waals surface area contributed by atoms with Gasteiger partial charge in [-0.3, -0.25) is 9.59 Å². The Morgan fingerprint density at radius 2 is 1.84 bits per heavy atom. The summed E-state index contributed by atoms with van der Waals surface area (Å²) in [5.41, 5.74) is 6.42. The Morgan fingerprint density at radius 3 is 2.59 bits per heavy atom. The lowest BCUT2D eigenvalue weighted by molar-refractivity contribution is -0.126. The molecule has 1 radical (unpaired) electrons. The minimum Gasteiger partial charge on any atom is -0.489 e. The molecule has 2 amide bonds. The minimum absolute atomic E-state index is 0.0827. The van der Waals surface area contributed by atoms with E-state index in [1.807, 2.05) is 7.28 Å². The summed E-state index contributed by atoms with van der Waals surface area (Å²) < 4.78 is 21.7. The Bertz CT molecular complexity index is 844. The highest BCUT2D eigenvalue weighted by molar-refractivity contribution is 6.47. The maximum Gasteiger partial charge on any atom is 0.251 e. The summed E-state index contributed by atoms with van der Waals surface area (Å²) in [6.07, 6.45) is -0.685. The van der Waals surface area contributed by atoms with E-state index >= 15 is 0 Å². The minimum atomic E-state index is -0.685. The predicted molar refractivity (Wildman–Crippen MR) is 145 cm³/mol. The van der Waals surface area contributed by atoms with Crippen molar-refractivity contribution in [3.05, 3.63) is 29.8 Å². The first-order chi connectivity index (χ1) is 17.8. The van der Waals surface area contributed by atoms with Gasteiger partial charge in [0.2, 0.25) is 13.2 Å². The van der Waals surface area contributed by atoms with E-state index in [-0.39, 0.29) is 38.2 Å². The quantitative estimate of drug-likeness (QED) is 0.0914. The van der Waals surface area contributed by atoms with Gasteiger partial charge < -0.3 is 40.6 Å². The van der Waals surface area contributed by atoms with Crippen LogP contribution in [0.25, 0.3) is 0 Å². The fraction of sp³-hybridized carbons (Fsp3) is 0.615. The molecular formula is C26H42BN4O6. The highest BCUT2D eigenvalue weighted by Gasteiger charge is 2.09. The Balaban J connectivity index is 2.10. The first-order valence-corrected chi connectivity index (χ1v) is 12.6. The van der Waals surface area contributed by atoms with Crippen LogP contribution < -0.4 is 26.4 Å². The van der Waals surface area contributed by atoms with Crippen LogP contribution in [0.5, 0.6) is 5.75 Å². The SMILES string of the molecule is CC(C)[B]C#CCOCCNC(=O)COCCOC(N)COc1cccc(C(=O)NCCNC(C)C)c1. The number of hydrogen-bond donors (Lipinski definition) is 4. The van der Waals surface area contributed by atoms with Gasteiger partial charge in [0.1, 0.15) is 31.8 Å². The number of hydrogen-bond acceptors (Lipinski definition) is 8. The normalized spacial score (nSPS) is 11.5. The molecule has 205 valence electrons. The lowest BCUT2D eigenvalue weighted by Crippen LogP contribution is -2.34. The van der Waals surface area contributed by atoms with E-state index in [4.69, 9.17) is 24.7 Å². The third kappa shape index (κ3) is 18.3. The molecule has 0 bridgehead atoms. The van der Waals surface area contributed by atoms with Gasteiger partial charge in [0, 0.05) is 31.2 Å². The second-order valence-corrected chi connectivity index (χ2v) is 8.80. The van der Waals surface area contributed by atoms with Crippen molar-refractivity contribution in [2.24, 2.45) is 5.73 Å². The molecule has 0 aliphatic carbocycles. The van der Waals surface area contributed by atoms with E-state index in [0.29, 0.717) is 56.0 Å². The summed E-state index contributed by atoms with van der Waals surface area (Å²) in [6.45, 7) is 11.0. The fourth-order valence-electron chi connectivity index (χ4n) is 2.72. The monoisotopic (exact) mass is 517 g/mol. The topological polar surface area (TPSA) is 133 Å². The molecule has 37 heavy (non-hydrogen) atoms. The molecule has 0 aliphatic heterocycles. The molecule has 11 heteroatoms. The summed E-state index contributed by atoms with van der Waals surface area (Å²) in [7, 11) is 1.90. The molecule has 1 rings (SSSR count). The van der Waals surface area contributed by atoms with Crippen LogP contribution in [0, 0.1) is 11.7 Å². The van der Waals surface area contributed by atoms with E-state index in [2.05, 4.69) is 55.4 Å². The molecule has 0 aliphatic rings. The van der Waals surface area contributed by atoms with Gasteiger partial charge in [-0.15, -0.1) is 0 Å². The van der Waals surface area contributed by atoms with Crippen molar-refractivity contribution >= 4 is 19.1 Å². The van der Waals surface area contributed by atoms with Crippen LogP contribution in [0.3, 0.4) is 0 Å². The van der Waals surface area contributed by atoms with E-state index in [0.717, 1.165) is 0 Å². The van der Waals surface area contributed by atoms with Crippen LogP contribution in [0.4, 0.5) is 0 Å². The molecular weight excluding hydrogens is 475 g/mol. The first kappa shape index (κ1) is 32.4. The summed E-state index contributed by atoms with van der Waals surface area (Å²) in [5, 5.41) is 8.80. The third-order valence-corrected chi connectivity index (χ3v) is 4.53. The molecule has 0 saturated heterocycles. The number of ether oxygens (including phenoxy) is 4. The van der Waals surface area contributed by atoms with Gasteiger partial charge in [-0.25, -0.2) is 0 Å². The molecule has 10 nitrogen and oxygen atoms in total. The van der Waals surface area contributed by atoms with Crippen molar-refractivity contribution in [3.8, 4) is 17.5 Å². The van der Waals surface area contributed by atoms with E-state index in [9.17, 15) is 9.59 Å². The van der Waals surface area contributed by atoms with Gasteiger partial charge in [-0.2, -0.15) is 5.82 Å². The maximum absolute atomic E-state index is 12.3. The van der Waals surface area contributed by atoms with Crippen LogP contribution in [0.2, 0.25) is 5.82 Å². The average molecular weight is 517 g/mol. The zero-order chi connectivity index (χ0) is 27.3. The van der Waals surface area contributed by atoms with Crippen LogP contribution in [0.15, 0.2) is 24.3 Å². The van der Waals surface area contributed by atoms with Crippen LogP contribution in [0.1, 0.15) is 38.1 Å². The first-order valence-electron chi connectivity index (χ1n) is 12.6. The zero-order valence-electron chi connectivity index (χ0n) is 22.5. The van der Waals surface area contributed by atoms with Crippen molar-refractivity contribution < 1.29 is 28.5 Å². The summed E-state index contributed by atoms with van der Waals surface area (Å²) in [4.78, 5) is 24.0. The molecule has 1 atom stereocenters. The van der Waals surface area contributed by atoms with E-state index in [1.165, 1.54) is 0 Å². The van der Waals surface area contributed by atoms with Gasteiger partial charge in [0.15, 0.2) is 0 Å². The molecule has 0 spiro atoms. The number of benzene rings is 1. The van der Waals surface area contributed by atoms with Crippen molar-refractivity contribution in [1.82, 2.24) is 16.0 Å². The molecule has 0 aromatic heterocycles. The summed E-state index contributed by atoms with van der Waals surface area (Å²) in [5.74, 6) is 6.33. The Hall–Kier alpha value is -2.62. The van der Waals surface area contributed by atoms with Crippen LogP contribution in [-0.4, -0.2) is 90.6 Å². The number of nitrogens with one attached hydrogen (secondary N) is 3. The van der Waals surface area contributed by atoms with Gasteiger partial charge in [-0.05, 0) is 18.2 Å². The second kappa shape index (κ2) is 20.4. The Morgan fingerprint density at radius 1 is 1.03 bits per heavy atom. The lowest BCUT2D eigenvalue weighted by atomic mass is 9.67. The maximum atomic E-state index is 12.3. The second-order valence-electron chi connectivity index (χ2n) is 8.80. The van der Waals surface area contributed by atoms with Crippen molar-refractivity contribution in [2.75, 3.05) is 59.3 Å². The average Bonchev–Trinajstić information content (AvgIpc) is 2.86. The van der Waals surface area contributed by atoms with E-state index in [1.54, 1.807) is 24.3 Å². The molecule has 1 aromatic carbocycles. The van der Waals surface area contributed by atoms with Gasteiger partial charge in [0.05, 0.1) is 19.8 Å². The third-order valence-electron chi connectivity index (χ3n) is 4.53. The smallest absolute Gasteiger partial charge is 0.251 e. The number of amides is 2. The number of carbonyl (C=O) groups is 2. The zero-order valence-corrected chi connectivity index (χ0v) is 22.5. The molecule has 1 aromatic rings. The lowest BCUT2D eigenvalue weighted by Gasteiger charge is -2.15. The summed E-state index contributed by atoms with van der Waals surface area (Å²) >= 11 is 0. The van der Waals surface area contributed by atoms with Crippen LogP contribution in [-0.2, 0) is 19.0 Å². The molecule has 5 N–H and O–H groups in total. The number of rotatable bonds is 19. The van der Waals surface area contributed by atoms with Crippen molar-refractivity contribution in [3.63, 3.8) is 0 Å². The van der Waals surface area contributed by atoms with Crippen LogP contribution >= 0.6 is 0 Å².